The minimum atomic E-state index is -0.981. The molecule has 0 heterocycles. The lowest BCUT2D eigenvalue weighted by atomic mass is 10.7. The number of hydrogen-bond acceptors (Lipinski definition) is 3. The van der Waals surface area contributed by atoms with Gasteiger partial charge >= 0.3 is 5.97 Å². The summed E-state index contributed by atoms with van der Waals surface area (Å²) in [6.07, 6.45) is 0.833. The lowest BCUT2D eigenvalue weighted by molar-refractivity contribution is -0.131. The first-order chi connectivity index (χ1) is 5.00. The lowest BCUT2D eigenvalue weighted by Crippen LogP contribution is -2.01. The molecule has 0 aliphatic carbocycles. The summed E-state index contributed by atoms with van der Waals surface area (Å²) < 4.78 is 0. The van der Waals surface area contributed by atoms with Gasteiger partial charge in [-0.25, -0.2) is 4.79 Å². The number of aliphatic carboxylic acids is 1. The van der Waals surface area contributed by atoms with E-state index >= 15 is 0 Å². The third-order valence-electron chi connectivity index (χ3n) is 0.175. The molecule has 4 nitrogen and oxygen atoms in total. The van der Waals surface area contributed by atoms with Gasteiger partial charge in [0, 0.05) is 20.2 Å². The summed E-state index contributed by atoms with van der Waals surface area (Å²) >= 11 is 0. The Morgan fingerprint density at radius 3 is 1.55 bits per heavy atom. The molecule has 0 unspecified atom stereocenters. The van der Waals surface area contributed by atoms with Crippen LogP contribution in [-0.4, -0.2) is 35.4 Å². The molecular weight excluding hydrogens is 146 g/mol. The Morgan fingerprint density at radius 1 is 1.45 bits per heavy atom. The quantitative estimate of drug-likeness (QED) is 0.450. The topological polar surface area (TPSA) is 60.8 Å². The Hall–Kier alpha value is -0.870. The zero-order valence-electron chi connectivity index (χ0n) is 7.53. The Morgan fingerprint density at radius 2 is 1.55 bits per heavy atom. The van der Waals surface area contributed by atoms with Gasteiger partial charge in [0.15, 0.2) is 0 Å². The first-order valence-electron chi connectivity index (χ1n) is 3.22. The fourth-order valence-electron chi connectivity index (χ4n) is 0. The number of rotatable bonds is 1. The molecular formula is C7H17NO3. The summed E-state index contributed by atoms with van der Waals surface area (Å²) in [5.74, 6) is -0.981. The van der Waals surface area contributed by atoms with Crippen LogP contribution in [0.25, 0.3) is 0 Å². The van der Waals surface area contributed by atoms with Crippen LogP contribution in [0.5, 0.6) is 0 Å². The first-order valence-corrected chi connectivity index (χ1v) is 3.22. The molecule has 0 rings (SSSR count). The number of carbonyl (C=O) groups is 1. The van der Waals surface area contributed by atoms with Crippen molar-refractivity contribution in [2.24, 2.45) is 0 Å². The van der Waals surface area contributed by atoms with Crippen molar-refractivity contribution < 1.29 is 15.1 Å². The predicted molar refractivity (Wildman–Crippen MR) is 44.7 cm³/mol. The summed E-state index contributed by atoms with van der Waals surface area (Å²) in [5, 5.41) is 16.5. The van der Waals surface area contributed by atoms with Crippen molar-refractivity contribution in [1.82, 2.24) is 5.06 Å². The zero-order valence-corrected chi connectivity index (χ0v) is 7.53. The molecule has 68 valence electrons. The number of nitrogens with zero attached hydrogens (tertiary/aromatic N) is 1. The van der Waals surface area contributed by atoms with Crippen LogP contribution >= 0.6 is 0 Å². The van der Waals surface area contributed by atoms with Crippen molar-refractivity contribution in [3.8, 4) is 0 Å². The minimum absolute atomic E-state index is 0.833. The van der Waals surface area contributed by atoms with Gasteiger partial charge in [0.25, 0.3) is 0 Å². The van der Waals surface area contributed by atoms with Crippen LogP contribution in [-0.2, 0) is 4.79 Å². The van der Waals surface area contributed by atoms with Crippen molar-refractivity contribution in [2.75, 3.05) is 14.1 Å². The van der Waals surface area contributed by atoms with Gasteiger partial charge < -0.3 is 10.3 Å². The van der Waals surface area contributed by atoms with E-state index in [-0.39, 0.29) is 0 Å². The number of hydrogen-bond donors (Lipinski definition) is 2. The van der Waals surface area contributed by atoms with Crippen LogP contribution in [0.4, 0.5) is 0 Å². The predicted octanol–water partition coefficient (Wildman–Crippen LogP) is 1.22. The Bertz CT molecular complexity index is 88.9. The summed E-state index contributed by atoms with van der Waals surface area (Å²) in [5.41, 5.74) is 0. The Kier molecular flexibility index (Phi) is 24.2. The molecule has 0 saturated heterocycles. The highest BCUT2D eigenvalue weighted by molar-refractivity contribution is 5.78. The van der Waals surface area contributed by atoms with E-state index in [0.717, 1.165) is 11.1 Å². The molecule has 0 fully saturated rings. The van der Waals surface area contributed by atoms with Gasteiger partial charge in [-0.05, 0) is 0 Å². The number of hydroxylamine groups is 2. The molecule has 0 aromatic carbocycles. The molecule has 0 saturated carbocycles. The molecule has 0 aromatic heterocycles. The monoisotopic (exact) mass is 163 g/mol. The summed E-state index contributed by atoms with van der Waals surface area (Å²) in [4.78, 5) is 9.25. The maximum atomic E-state index is 9.25. The van der Waals surface area contributed by atoms with E-state index in [9.17, 15) is 4.79 Å². The van der Waals surface area contributed by atoms with Crippen LogP contribution in [0.2, 0.25) is 0 Å². The lowest BCUT2D eigenvalue weighted by Gasteiger charge is -1.89. The van der Waals surface area contributed by atoms with Crippen LogP contribution in [0.15, 0.2) is 12.7 Å². The summed E-state index contributed by atoms with van der Waals surface area (Å²) in [7, 11) is 3.11. The van der Waals surface area contributed by atoms with Gasteiger partial charge in [-0.1, -0.05) is 20.4 Å². The van der Waals surface area contributed by atoms with Gasteiger partial charge in [-0.15, -0.1) is 0 Å². The molecule has 0 amide bonds. The van der Waals surface area contributed by atoms with Crippen molar-refractivity contribution in [3.63, 3.8) is 0 Å². The average molecular weight is 163 g/mol. The van der Waals surface area contributed by atoms with Gasteiger partial charge in [-0.3, -0.25) is 0 Å². The molecule has 0 spiro atoms. The van der Waals surface area contributed by atoms with Gasteiger partial charge in [0.1, 0.15) is 0 Å². The third kappa shape index (κ3) is 363. The second-order valence-corrected chi connectivity index (χ2v) is 1.39. The van der Waals surface area contributed by atoms with E-state index in [4.69, 9.17) is 10.3 Å². The van der Waals surface area contributed by atoms with Crippen molar-refractivity contribution >= 4 is 5.97 Å². The van der Waals surface area contributed by atoms with E-state index in [0.29, 0.717) is 0 Å². The fourth-order valence-corrected chi connectivity index (χ4v) is 0. The first kappa shape index (κ1) is 16.6. The number of carboxylic acids is 1. The maximum absolute atomic E-state index is 9.25. The van der Waals surface area contributed by atoms with E-state index in [1.54, 1.807) is 14.1 Å². The zero-order chi connectivity index (χ0) is 9.86. The van der Waals surface area contributed by atoms with Crippen molar-refractivity contribution in [2.45, 2.75) is 13.8 Å². The Labute approximate surface area is 67.7 Å². The van der Waals surface area contributed by atoms with Gasteiger partial charge in [0.05, 0.1) is 0 Å². The van der Waals surface area contributed by atoms with Crippen LogP contribution < -0.4 is 0 Å². The Balaban J connectivity index is -0.0000000965. The normalized spacial score (nSPS) is 6.73. The second-order valence-electron chi connectivity index (χ2n) is 1.39. The molecule has 0 bridgehead atoms. The highest BCUT2D eigenvalue weighted by atomic mass is 16.5. The smallest absolute Gasteiger partial charge is 0.327 e. The van der Waals surface area contributed by atoms with Crippen LogP contribution in [0.1, 0.15) is 13.8 Å². The molecule has 0 atom stereocenters. The highest BCUT2D eigenvalue weighted by Gasteiger charge is 1.73. The molecule has 2 N–H and O–H groups in total. The van der Waals surface area contributed by atoms with Crippen LogP contribution in [0.3, 0.4) is 0 Å². The fraction of sp³-hybridized carbons (Fsp3) is 0.571. The van der Waals surface area contributed by atoms with E-state index in [2.05, 4.69) is 6.58 Å². The molecule has 4 heteroatoms. The van der Waals surface area contributed by atoms with E-state index < -0.39 is 5.97 Å². The third-order valence-corrected chi connectivity index (χ3v) is 0.175. The largest absolute Gasteiger partial charge is 0.478 e. The van der Waals surface area contributed by atoms with Crippen LogP contribution in [0, 0.1) is 0 Å². The van der Waals surface area contributed by atoms with Crippen molar-refractivity contribution in [3.05, 3.63) is 12.7 Å². The number of carboxylic acid groups (broad SMARTS) is 1. The van der Waals surface area contributed by atoms with Gasteiger partial charge in [0.2, 0.25) is 0 Å². The minimum Gasteiger partial charge on any atom is -0.478 e. The summed E-state index contributed by atoms with van der Waals surface area (Å²) in [6.45, 7) is 6.96. The molecule has 0 aliphatic rings. The SMILES string of the molecule is C=CC(=O)O.CC.CN(C)O. The van der Waals surface area contributed by atoms with E-state index in [1.165, 1.54) is 0 Å². The molecule has 0 aliphatic heterocycles. The molecule has 11 heavy (non-hydrogen) atoms. The van der Waals surface area contributed by atoms with E-state index in [1.807, 2.05) is 13.8 Å². The molecule has 0 radical (unpaired) electrons. The van der Waals surface area contributed by atoms with Crippen molar-refractivity contribution in [1.29, 1.82) is 0 Å². The second kappa shape index (κ2) is 16.1. The standard InChI is InChI=1S/C3H4O2.C2H7NO.C2H6/c1-2-3(4)5;1-3(2)4;1-2/h2H,1H2,(H,4,5);4H,1-2H3;1-2H3. The summed E-state index contributed by atoms with van der Waals surface area (Å²) in [6, 6.07) is 0. The highest BCUT2D eigenvalue weighted by Crippen LogP contribution is 1.54. The molecule has 0 aromatic rings. The maximum Gasteiger partial charge on any atom is 0.327 e. The average Bonchev–Trinajstić information content (AvgIpc) is 1.91. The van der Waals surface area contributed by atoms with Gasteiger partial charge in [-0.2, -0.15) is 5.06 Å².